The molecule has 0 fully saturated rings. The minimum atomic E-state index is -1.71. The predicted molar refractivity (Wildman–Crippen MR) is 56.5 cm³/mol. The maximum absolute atomic E-state index is 13.3. The van der Waals surface area contributed by atoms with Crippen molar-refractivity contribution >= 4 is 31.9 Å². The molecule has 0 heterocycles. The molecule has 1 rings (SSSR count). The zero-order chi connectivity index (χ0) is 10.1. The van der Waals surface area contributed by atoms with Crippen molar-refractivity contribution < 1.29 is 4.39 Å². The van der Waals surface area contributed by atoms with Crippen molar-refractivity contribution in [3.8, 4) is 6.07 Å². The molecule has 0 saturated carbocycles. The van der Waals surface area contributed by atoms with Gasteiger partial charge in [0.2, 0.25) is 3.49 Å². The minimum absolute atomic E-state index is 0.448. The predicted octanol–water partition coefficient (Wildman–Crippen LogP) is 3.74. The highest BCUT2D eigenvalue weighted by Crippen LogP contribution is 2.39. The molecule has 0 atom stereocenters. The summed E-state index contributed by atoms with van der Waals surface area (Å²) >= 11 is 5.67. The number of benzene rings is 1. The highest BCUT2D eigenvalue weighted by Gasteiger charge is 2.23. The van der Waals surface area contributed by atoms with Crippen molar-refractivity contribution in [2.45, 2.75) is 10.4 Å². The summed E-state index contributed by atoms with van der Waals surface area (Å²) in [7, 11) is 0. The lowest BCUT2D eigenvalue weighted by Gasteiger charge is -2.11. The van der Waals surface area contributed by atoms with Crippen LogP contribution in [0.1, 0.15) is 16.7 Å². The van der Waals surface area contributed by atoms with Crippen molar-refractivity contribution in [3.05, 3.63) is 34.9 Å². The monoisotopic (exact) mass is 305 g/mol. The van der Waals surface area contributed by atoms with Crippen LogP contribution in [-0.2, 0) is 3.49 Å². The Morgan fingerprint density at radius 3 is 2.46 bits per heavy atom. The summed E-state index contributed by atoms with van der Waals surface area (Å²) in [6, 6.07) is 6.81. The lowest BCUT2D eigenvalue weighted by molar-refractivity contribution is 0.444. The smallest absolute Gasteiger partial charge is 0.213 e. The van der Waals surface area contributed by atoms with Crippen molar-refractivity contribution in [3.63, 3.8) is 0 Å². The molecule has 1 aromatic carbocycles. The molecular formula is C9H6Br2FN. The van der Waals surface area contributed by atoms with Gasteiger partial charge in [-0.25, -0.2) is 4.39 Å². The summed E-state index contributed by atoms with van der Waals surface area (Å²) in [5.74, 6) is 0. The number of rotatable bonds is 1. The van der Waals surface area contributed by atoms with E-state index in [2.05, 4.69) is 31.9 Å². The van der Waals surface area contributed by atoms with Gasteiger partial charge in [0, 0.05) is 5.56 Å². The van der Waals surface area contributed by atoms with Gasteiger partial charge in [0.25, 0.3) is 0 Å². The van der Waals surface area contributed by atoms with Crippen molar-refractivity contribution in [2.24, 2.45) is 0 Å². The zero-order valence-corrected chi connectivity index (χ0v) is 9.99. The molecule has 0 amide bonds. The Hall–Kier alpha value is -0.400. The van der Waals surface area contributed by atoms with Gasteiger partial charge < -0.3 is 0 Å². The standard InChI is InChI=1S/C9H6Br2FN/c1-6-4-8(9(10,11)12)3-2-7(6)5-13/h2-4H,1H3. The van der Waals surface area contributed by atoms with Crippen LogP contribution in [0.25, 0.3) is 0 Å². The van der Waals surface area contributed by atoms with E-state index in [1.54, 1.807) is 25.1 Å². The second kappa shape index (κ2) is 3.77. The van der Waals surface area contributed by atoms with E-state index in [4.69, 9.17) is 5.26 Å². The lowest BCUT2D eigenvalue weighted by atomic mass is 10.1. The molecule has 0 radical (unpaired) electrons. The first kappa shape index (κ1) is 10.7. The summed E-state index contributed by atoms with van der Waals surface area (Å²) in [6.45, 7) is 1.77. The minimum Gasteiger partial charge on any atom is -0.213 e. The Balaban J connectivity index is 3.20. The molecule has 0 saturated heterocycles. The Morgan fingerprint density at radius 2 is 2.08 bits per heavy atom. The van der Waals surface area contributed by atoms with Gasteiger partial charge in [0.1, 0.15) is 0 Å². The highest BCUT2D eigenvalue weighted by atomic mass is 79.9. The van der Waals surface area contributed by atoms with E-state index in [0.29, 0.717) is 11.1 Å². The number of nitrogens with zero attached hydrogens (tertiary/aromatic N) is 1. The second-order valence-electron chi connectivity index (χ2n) is 2.64. The van der Waals surface area contributed by atoms with E-state index in [0.717, 1.165) is 5.56 Å². The quantitative estimate of drug-likeness (QED) is 0.725. The van der Waals surface area contributed by atoms with Gasteiger partial charge in [0.15, 0.2) is 0 Å². The summed E-state index contributed by atoms with van der Waals surface area (Å²) in [6.07, 6.45) is 0. The molecule has 0 unspecified atom stereocenters. The third-order valence-corrected chi connectivity index (χ3v) is 2.59. The number of nitriles is 1. The van der Waals surface area contributed by atoms with E-state index in [1.807, 2.05) is 6.07 Å². The molecule has 1 aromatic rings. The molecule has 0 aliphatic carbocycles. The van der Waals surface area contributed by atoms with E-state index in [1.165, 1.54) is 0 Å². The van der Waals surface area contributed by atoms with Gasteiger partial charge in [-0.15, -0.1) is 0 Å². The fourth-order valence-corrected chi connectivity index (χ4v) is 1.46. The highest BCUT2D eigenvalue weighted by molar-refractivity contribution is 9.24. The van der Waals surface area contributed by atoms with E-state index in [-0.39, 0.29) is 0 Å². The number of aryl methyl sites for hydroxylation is 1. The van der Waals surface area contributed by atoms with E-state index < -0.39 is 3.49 Å². The summed E-state index contributed by atoms with van der Waals surface area (Å²) in [5, 5.41) is 8.64. The molecule has 0 aromatic heterocycles. The third kappa shape index (κ3) is 2.52. The zero-order valence-electron chi connectivity index (χ0n) is 6.81. The number of halogens is 3. The number of hydrogen-bond donors (Lipinski definition) is 0. The first-order chi connectivity index (χ1) is 5.95. The van der Waals surface area contributed by atoms with Crippen molar-refractivity contribution in [2.75, 3.05) is 0 Å². The molecule has 4 heteroatoms. The molecule has 1 nitrogen and oxygen atoms in total. The van der Waals surface area contributed by atoms with Gasteiger partial charge in [-0.2, -0.15) is 5.26 Å². The maximum atomic E-state index is 13.3. The van der Waals surface area contributed by atoms with Gasteiger partial charge in [-0.1, -0.05) is 6.07 Å². The molecule has 68 valence electrons. The molecular weight excluding hydrogens is 301 g/mol. The van der Waals surface area contributed by atoms with Crippen molar-refractivity contribution in [1.82, 2.24) is 0 Å². The average Bonchev–Trinajstić information content (AvgIpc) is 2.02. The fraction of sp³-hybridized carbons (Fsp3) is 0.222. The Bertz CT molecular complexity index is 363. The number of alkyl halides is 3. The summed E-state index contributed by atoms with van der Waals surface area (Å²) < 4.78 is 11.6. The summed E-state index contributed by atoms with van der Waals surface area (Å²) in [5.41, 5.74) is 1.78. The third-order valence-electron chi connectivity index (χ3n) is 1.67. The average molecular weight is 307 g/mol. The van der Waals surface area contributed by atoms with Crippen LogP contribution in [0.3, 0.4) is 0 Å². The van der Waals surface area contributed by atoms with Crippen LogP contribution in [0.4, 0.5) is 4.39 Å². The number of hydrogen-bond acceptors (Lipinski definition) is 1. The van der Waals surface area contributed by atoms with E-state index >= 15 is 0 Å². The topological polar surface area (TPSA) is 23.8 Å². The Labute approximate surface area is 92.8 Å². The first-order valence-corrected chi connectivity index (χ1v) is 5.11. The van der Waals surface area contributed by atoms with Gasteiger partial charge in [0.05, 0.1) is 11.6 Å². The fourth-order valence-electron chi connectivity index (χ4n) is 0.965. The van der Waals surface area contributed by atoms with Crippen LogP contribution in [-0.4, -0.2) is 0 Å². The summed E-state index contributed by atoms with van der Waals surface area (Å²) in [4.78, 5) is 0. The first-order valence-electron chi connectivity index (χ1n) is 3.53. The van der Waals surface area contributed by atoms with Crippen LogP contribution >= 0.6 is 31.9 Å². The second-order valence-corrected chi connectivity index (χ2v) is 5.89. The SMILES string of the molecule is Cc1cc(C(F)(Br)Br)ccc1C#N. The maximum Gasteiger partial charge on any atom is 0.244 e. The van der Waals surface area contributed by atoms with Crippen molar-refractivity contribution in [1.29, 1.82) is 5.26 Å². The van der Waals surface area contributed by atoms with Gasteiger partial charge in [-0.05, 0) is 56.5 Å². The molecule has 0 N–H and O–H groups in total. The van der Waals surface area contributed by atoms with Crippen LogP contribution < -0.4 is 0 Å². The van der Waals surface area contributed by atoms with Crippen LogP contribution in [0.5, 0.6) is 0 Å². The normalized spacial score (nSPS) is 11.0. The Kier molecular flexibility index (Phi) is 3.09. The van der Waals surface area contributed by atoms with Gasteiger partial charge in [-0.3, -0.25) is 0 Å². The van der Waals surface area contributed by atoms with E-state index in [9.17, 15) is 4.39 Å². The molecule has 13 heavy (non-hydrogen) atoms. The van der Waals surface area contributed by atoms with Gasteiger partial charge >= 0.3 is 0 Å². The van der Waals surface area contributed by atoms with Crippen LogP contribution in [0, 0.1) is 18.3 Å². The molecule has 0 aliphatic rings. The van der Waals surface area contributed by atoms with Crippen LogP contribution in [0.15, 0.2) is 18.2 Å². The molecule has 0 bridgehead atoms. The molecule has 0 aliphatic heterocycles. The Morgan fingerprint density at radius 1 is 1.46 bits per heavy atom. The molecule has 0 spiro atoms. The largest absolute Gasteiger partial charge is 0.244 e. The lowest BCUT2D eigenvalue weighted by Crippen LogP contribution is -2.00. The van der Waals surface area contributed by atoms with Crippen LogP contribution in [0.2, 0.25) is 0 Å².